The second-order valence-electron chi connectivity index (χ2n) is 2.04. The van der Waals surface area contributed by atoms with Crippen LogP contribution in [-0.2, 0) is 4.79 Å². The first-order chi connectivity index (χ1) is 5.72. The molecule has 0 atom stereocenters. The Morgan fingerprint density at radius 1 is 1.50 bits per heavy atom. The van der Waals surface area contributed by atoms with Crippen LogP contribution in [0, 0.1) is 4.91 Å². The Balaban J connectivity index is 2.77. The van der Waals surface area contributed by atoms with Crippen molar-refractivity contribution in [1.82, 2.24) is 9.97 Å². The first-order valence-corrected chi connectivity index (χ1v) is 3.15. The number of amides is 1. The molecule has 1 amide bonds. The van der Waals surface area contributed by atoms with Crippen molar-refractivity contribution in [3.63, 3.8) is 0 Å². The van der Waals surface area contributed by atoms with Gasteiger partial charge in [0.25, 0.3) is 0 Å². The lowest BCUT2D eigenvalue weighted by Crippen LogP contribution is -2.08. The van der Waals surface area contributed by atoms with Crippen LogP contribution in [0.5, 0.6) is 0 Å². The van der Waals surface area contributed by atoms with Crippen LogP contribution in [0.25, 0.3) is 0 Å². The fourth-order valence-corrected chi connectivity index (χ4v) is 0.590. The summed E-state index contributed by atoms with van der Waals surface area (Å²) >= 11 is 0. The Morgan fingerprint density at radius 2 is 2.08 bits per heavy atom. The zero-order valence-electron chi connectivity index (χ0n) is 6.31. The maximum Gasteiger partial charge on any atom is 0.229 e. The smallest absolute Gasteiger partial charge is 0.229 e. The number of nitroso groups, excluding NO2 is 1. The third-order valence-electron chi connectivity index (χ3n) is 1.03. The van der Waals surface area contributed by atoms with E-state index >= 15 is 0 Å². The van der Waals surface area contributed by atoms with Crippen LogP contribution < -0.4 is 5.32 Å². The Kier molecular flexibility index (Phi) is 2.42. The van der Waals surface area contributed by atoms with Gasteiger partial charge in [-0.3, -0.25) is 10.1 Å². The quantitative estimate of drug-likeness (QED) is 0.659. The maximum absolute atomic E-state index is 10.5. The predicted octanol–water partition coefficient (Wildman–Crippen LogP) is 0.833. The van der Waals surface area contributed by atoms with Gasteiger partial charge in [0, 0.05) is 6.92 Å². The van der Waals surface area contributed by atoms with E-state index in [1.807, 2.05) is 0 Å². The van der Waals surface area contributed by atoms with Crippen LogP contribution in [-0.4, -0.2) is 15.9 Å². The zero-order chi connectivity index (χ0) is 8.97. The van der Waals surface area contributed by atoms with E-state index in [1.54, 1.807) is 0 Å². The molecule has 0 spiro atoms. The number of anilines is 1. The van der Waals surface area contributed by atoms with Crippen molar-refractivity contribution < 1.29 is 4.79 Å². The van der Waals surface area contributed by atoms with Crippen LogP contribution in [0.1, 0.15) is 6.92 Å². The number of rotatable bonds is 2. The molecule has 1 rings (SSSR count). The van der Waals surface area contributed by atoms with Crippen LogP contribution in [0.2, 0.25) is 0 Å². The number of nitrogens with zero attached hydrogens (tertiary/aromatic N) is 3. The zero-order valence-corrected chi connectivity index (χ0v) is 6.31. The highest BCUT2D eigenvalue weighted by Gasteiger charge is 1.98. The van der Waals surface area contributed by atoms with Gasteiger partial charge in [-0.15, -0.1) is 4.91 Å². The Morgan fingerprint density at radius 3 is 2.50 bits per heavy atom. The summed E-state index contributed by atoms with van der Waals surface area (Å²) in [5.41, 5.74) is 0.129. The second kappa shape index (κ2) is 3.51. The lowest BCUT2D eigenvalue weighted by Gasteiger charge is -1.97. The van der Waals surface area contributed by atoms with E-state index < -0.39 is 0 Å². The third-order valence-corrected chi connectivity index (χ3v) is 1.03. The van der Waals surface area contributed by atoms with Gasteiger partial charge in [0.15, 0.2) is 0 Å². The molecule has 0 saturated carbocycles. The van der Waals surface area contributed by atoms with Crippen molar-refractivity contribution >= 4 is 17.5 Å². The minimum atomic E-state index is -0.262. The number of aromatic nitrogens is 2. The molecule has 0 radical (unpaired) electrons. The highest BCUT2D eigenvalue weighted by Crippen LogP contribution is 2.07. The molecule has 1 heterocycles. The SMILES string of the molecule is CC(=O)Nc1ncc(N=O)cn1. The first kappa shape index (κ1) is 8.25. The van der Waals surface area contributed by atoms with Gasteiger partial charge in [0.2, 0.25) is 11.9 Å². The average Bonchev–Trinajstić information content (AvgIpc) is 2.05. The maximum atomic E-state index is 10.5. The Bertz CT molecular complexity index is 295. The number of carbonyl (C=O) groups excluding carboxylic acids is 1. The molecule has 0 fully saturated rings. The molecule has 0 aliphatic carbocycles. The lowest BCUT2D eigenvalue weighted by molar-refractivity contribution is -0.114. The molecule has 1 N–H and O–H groups in total. The lowest BCUT2D eigenvalue weighted by atomic mass is 10.5. The van der Waals surface area contributed by atoms with Crippen molar-refractivity contribution in [2.24, 2.45) is 5.18 Å². The Hall–Kier alpha value is -1.85. The summed E-state index contributed by atoms with van der Waals surface area (Å²) in [6.07, 6.45) is 2.45. The minimum Gasteiger partial charge on any atom is -0.295 e. The summed E-state index contributed by atoms with van der Waals surface area (Å²) in [5.74, 6) is -0.100. The van der Waals surface area contributed by atoms with E-state index in [-0.39, 0.29) is 17.5 Å². The summed E-state index contributed by atoms with van der Waals surface area (Å²) in [5, 5.41) is 4.95. The third kappa shape index (κ3) is 2.08. The summed E-state index contributed by atoms with van der Waals surface area (Å²) < 4.78 is 0. The highest BCUT2D eigenvalue weighted by molar-refractivity contribution is 5.86. The van der Waals surface area contributed by atoms with E-state index in [2.05, 4.69) is 20.5 Å². The first-order valence-electron chi connectivity index (χ1n) is 3.15. The molecule has 0 saturated heterocycles. The van der Waals surface area contributed by atoms with Crippen molar-refractivity contribution in [2.45, 2.75) is 6.92 Å². The number of hydrogen-bond acceptors (Lipinski definition) is 5. The normalized spacial score (nSPS) is 9.08. The molecule has 1 aromatic rings. The van der Waals surface area contributed by atoms with Gasteiger partial charge in [-0.05, 0) is 5.18 Å². The average molecular weight is 166 g/mol. The van der Waals surface area contributed by atoms with Gasteiger partial charge in [-0.25, -0.2) is 9.97 Å². The topological polar surface area (TPSA) is 84.3 Å². The predicted molar refractivity (Wildman–Crippen MR) is 41.8 cm³/mol. The van der Waals surface area contributed by atoms with Crippen LogP contribution >= 0.6 is 0 Å². The van der Waals surface area contributed by atoms with E-state index in [4.69, 9.17) is 0 Å². The van der Waals surface area contributed by atoms with Gasteiger partial charge >= 0.3 is 0 Å². The van der Waals surface area contributed by atoms with E-state index in [0.29, 0.717) is 0 Å². The molecular formula is C6H6N4O2. The molecule has 0 aromatic carbocycles. The molecule has 0 aliphatic rings. The molecule has 1 aromatic heterocycles. The van der Waals surface area contributed by atoms with Gasteiger partial charge < -0.3 is 0 Å². The Labute approximate surface area is 68.0 Å². The summed E-state index contributed by atoms with van der Waals surface area (Å²) in [6.45, 7) is 1.34. The fourth-order valence-electron chi connectivity index (χ4n) is 0.590. The van der Waals surface area contributed by atoms with Gasteiger partial charge in [-0.1, -0.05) is 0 Å². The van der Waals surface area contributed by atoms with Crippen molar-refractivity contribution in [3.8, 4) is 0 Å². The molecule has 0 aliphatic heterocycles. The van der Waals surface area contributed by atoms with E-state index in [9.17, 15) is 9.70 Å². The monoisotopic (exact) mass is 166 g/mol. The van der Waals surface area contributed by atoms with Crippen LogP contribution in [0.4, 0.5) is 11.6 Å². The standard InChI is InChI=1S/C6H6N4O2/c1-4(11)9-6-7-2-5(10-12)3-8-6/h2-3H,1H3,(H,7,8,9,11). The molecule has 12 heavy (non-hydrogen) atoms. The second-order valence-corrected chi connectivity index (χ2v) is 2.04. The van der Waals surface area contributed by atoms with Gasteiger partial charge in [-0.2, -0.15) is 0 Å². The van der Waals surface area contributed by atoms with Crippen molar-refractivity contribution in [3.05, 3.63) is 17.3 Å². The summed E-state index contributed by atoms with van der Waals surface area (Å²) in [7, 11) is 0. The van der Waals surface area contributed by atoms with Gasteiger partial charge in [0.05, 0.1) is 12.4 Å². The molecule has 6 nitrogen and oxygen atoms in total. The molecule has 0 bridgehead atoms. The molecule has 0 unspecified atom stereocenters. The van der Waals surface area contributed by atoms with Crippen molar-refractivity contribution in [1.29, 1.82) is 0 Å². The molecule has 6 heteroatoms. The van der Waals surface area contributed by atoms with E-state index in [1.165, 1.54) is 19.3 Å². The summed E-state index contributed by atoms with van der Waals surface area (Å²) in [4.78, 5) is 27.7. The minimum absolute atomic E-state index is 0.129. The summed E-state index contributed by atoms with van der Waals surface area (Å²) in [6, 6.07) is 0. The van der Waals surface area contributed by atoms with Crippen LogP contribution in [0.3, 0.4) is 0 Å². The number of hydrogen-bond donors (Lipinski definition) is 1. The van der Waals surface area contributed by atoms with E-state index in [0.717, 1.165) is 0 Å². The fraction of sp³-hybridized carbons (Fsp3) is 0.167. The number of carbonyl (C=O) groups is 1. The van der Waals surface area contributed by atoms with Crippen molar-refractivity contribution in [2.75, 3.05) is 5.32 Å². The number of nitrogens with one attached hydrogen (secondary N) is 1. The highest BCUT2D eigenvalue weighted by atomic mass is 16.3. The molecule has 62 valence electrons. The van der Waals surface area contributed by atoms with Gasteiger partial charge in [0.1, 0.15) is 5.69 Å². The van der Waals surface area contributed by atoms with Crippen LogP contribution in [0.15, 0.2) is 17.6 Å². The largest absolute Gasteiger partial charge is 0.295 e. The molecular weight excluding hydrogens is 160 g/mol.